The second-order valence-electron chi connectivity index (χ2n) is 3.42. The highest BCUT2D eigenvalue weighted by Crippen LogP contribution is 2.09. The summed E-state index contributed by atoms with van der Waals surface area (Å²) < 4.78 is 0. The molecule has 0 atom stereocenters. The quantitative estimate of drug-likeness (QED) is 0.825. The minimum absolute atomic E-state index is 0.0258. The Bertz CT molecular complexity index is 480. The van der Waals surface area contributed by atoms with Crippen molar-refractivity contribution in [3.63, 3.8) is 0 Å². The number of carbonyl (C=O) groups is 2. The molecule has 7 nitrogen and oxygen atoms in total. The molecule has 0 fully saturated rings. The molecule has 96 valence electrons. The Morgan fingerprint density at radius 2 is 2.39 bits per heavy atom. The molecule has 18 heavy (non-hydrogen) atoms. The number of aromatic nitrogens is 1. The summed E-state index contributed by atoms with van der Waals surface area (Å²) in [6, 6.07) is 1.62. The molecule has 0 aliphatic carbocycles. The minimum atomic E-state index is -1.09. The van der Waals surface area contributed by atoms with Gasteiger partial charge in [-0.05, 0) is 0 Å². The van der Waals surface area contributed by atoms with Gasteiger partial charge in [-0.2, -0.15) is 5.26 Å². The van der Waals surface area contributed by atoms with Crippen LogP contribution in [0.5, 0.6) is 0 Å². The second kappa shape index (κ2) is 6.56. The van der Waals surface area contributed by atoms with Gasteiger partial charge in [-0.15, -0.1) is 11.3 Å². The molecular formula is C10H12N4O3S. The van der Waals surface area contributed by atoms with Crippen LogP contribution in [0.15, 0.2) is 5.38 Å². The van der Waals surface area contributed by atoms with Gasteiger partial charge < -0.3 is 15.3 Å². The number of carboxylic acid groups (broad SMARTS) is 1. The molecule has 2 N–H and O–H groups in total. The van der Waals surface area contributed by atoms with E-state index in [1.54, 1.807) is 7.05 Å². The first-order chi connectivity index (χ1) is 8.54. The van der Waals surface area contributed by atoms with E-state index in [1.807, 2.05) is 6.07 Å². The zero-order valence-electron chi connectivity index (χ0n) is 9.71. The zero-order valence-corrected chi connectivity index (χ0v) is 10.5. The third-order valence-corrected chi connectivity index (χ3v) is 2.92. The molecule has 0 aromatic carbocycles. The lowest BCUT2D eigenvalue weighted by molar-refractivity contribution is 0.0691. The Morgan fingerprint density at radius 1 is 1.67 bits per heavy atom. The number of carboxylic acids is 1. The van der Waals surface area contributed by atoms with Crippen LogP contribution in [0.2, 0.25) is 0 Å². The van der Waals surface area contributed by atoms with Gasteiger partial charge in [-0.25, -0.2) is 14.6 Å². The Morgan fingerprint density at radius 3 is 2.94 bits per heavy atom. The van der Waals surface area contributed by atoms with E-state index in [0.717, 1.165) is 0 Å². The smallest absolute Gasteiger partial charge is 0.355 e. The minimum Gasteiger partial charge on any atom is -0.476 e. The number of hydrogen-bond donors (Lipinski definition) is 2. The molecule has 0 aliphatic heterocycles. The Labute approximate surface area is 108 Å². The first kappa shape index (κ1) is 13.9. The fourth-order valence-electron chi connectivity index (χ4n) is 1.10. The summed E-state index contributed by atoms with van der Waals surface area (Å²) >= 11 is 1.17. The maximum absolute atomic E-state index is 11.5. The number of nitrogens with one attached hydrogen (secondary N) is 1. The van der Waals surface area contributed by atoms with Crippen LogP contribution in [-0.4, -0.2) is 40.6 Å². The highest BCUT2D eigenvalue weighted by Gasteiger charge is 2.11. The maximum Gasteiger partial charge on any atom is 0.355 e. The molecule has 2 amide bonds. The van der Waals surface area contributed by atoms with E-state index in [2.05, 4.69) is 10.3 Å². The van der Waals surface area contributed by atoms with Gasteiger partial charge in [-0.3, -0.25) is 0 Å². The molecule has 0 spiro atoms. The van der Waals surface area contributed by atoms with Crippen LogP contribution in [0.4, 0.5) is 4.79 Å². The molecule has 0 bridgehead atoms. The van der Waals surface area contributed by atoms with Crippen LogP contribution in [-0.2, 0) is 6.54 Å². The number of thiazole rings is 1. The molecule has 0 saturated heterocycles. The monoisotopic (exact) mass is 268 g/mol. The van der Waals surface area contributed by atoms with Crippen LogP contribution in [0.3, 0.4) is 0 Å². The van der Waals surface area contributed by atoms with Crippen molar-refractivity contribution in [3.8, 4) is 6.07 Å². The van der Waals surface area contributed by atoms with Gasteiger partial charge in [0, 0.05) is 19.0 Å². The van der Waals surface area contributed by atoms with Crippen molar-refractivity contribution < 1.29 is 14.7 Å². The van der Waals surface area contributed by atoms with E-state index in [0.29, 0.717) is 11.6 Å². The highest BCUT2D eigenvalue weighted by atomic mass is 32.1. The summed E-state index contributed by atoms with van der Waals surface area (Å²) in [5, 5.41) is 21.6. The number of aromatic carboxylic acids is 1. The average molecular weight is 268 g/mol. The number of hydrogen-bond acceptors (Lipinski definition) is 5. The normalized spacial score (nSPS) is 9.56. The standard InChI is InChI=1S/C10H12N4O3S/c1-14(4-2-3-11)10(17)12-5-8-13-7(6-18-8)9(15)16/h6H,2,4-5H2,1H3,(H,12,17)(H,15,16). The molecule has 0 saturated carbocycles. The molecule has 1 aromatic heterocycles. The summed E-state index contributed by atoms with van der Waals surface area (Å²) in [5.41, 5.74) is -0.0258. The van der Waals surface area contributed by atoms with Crippen molar-refractivity contribution in [2.45, 2.75) is 13.0 Å². The number of nitriles is 1. The largest absolute Gasteiger partial charge is 0.476 e. The summed E-state index contributed by atoms with van der Waals surface area (Å²) in [6.07, 6.45) is 0.268. The number of nitrogens with zero attached hydrogens (tertiary/aromatic N) is 3. The summed E-state index contributed by atoms with van der Waals surface area (Å²) in [7, 11) is 1.58. The fraction of sp³-hybridized carbons (Fsp3) is 0.400. The van der Waals surface area contributed by atoms with E-state index in [1.165, 1.54) is 21.6 Å². The van der Waals surface area contributed by atoms with Crippen LogP contribution in [0.1, 0.15) is 21.9 Å². The predicted molar refractivity (Wildman–Crippen MR) is 64.2 cm³/mol. The SMILES string of the molecule is CN(CCC#N)C(=O)NCc1nc(C(=O)O)cs1. The van der Waals surface area contributed by atoms with E-state index < -0.39 is 5.97 Å². The molecule has 1 rings (SSSR count). The fourth-order valence-corrected chi connectivity index (χ4v) is 1.80. The lowest BCUT2D eigenvalue weighted by Gasteiger charge is -2.15. The third-order valence-electron chi connectivity index (χ3n) is 2.07. The first-order valence-corrected chi connectivity index (χ1v) is 5.96. The van der Waals surface area contributed by atoms with Gasteiger partial charge in [0.15, 0.2) is 5.69 Å². The van der Waals surface area contributed by atoms with Crippen molar-refractivity contribution in [2.75, 3.05) is 13.6 Å². The first-order valence-electron chi connectivity index (χ1n) is 5.08. The van der Waals surface area contributed by atoms with Gasteiger partial charge >= 0.3 is 12.0 Å². The number of amides is 2. The second-order valence-corrected chi connectivity index (χ2v) is 4.36. The summed E-state index contributed by atoms with van der Waals surface area (Å²) in [5.74, 6) is -1.09. The lowest BCUT2D eigenvalue weighted by atomic mass is 10.4. The van der Waals surface area contributed by atoms with E-state index in [9.17, 15) is 9.59 Å². The van der Waals surface area contributed by atoms with Gasteiger partial charge in [0.25, 0.3) is 0 Å². The molecule has 1 aromatic rings. The molecule has 0 aliphatic rings. The third kappa shape index (κ3) is 4.03. The van der Waals surface area contributed by atoms with Gasteiger partial charge in [0.2, 0.25) is 0 Å². The number of urea groups is 1. The van der Waals surface area contributed by atoms with Crippen molar-refractivity contribution in [1.82, 2.24) is 15.2 Å². The van der Waals surface area contributed by atoms with E-state index in [4.69, 9.17) is 10.4 Å². The van der Waals surface area contributed by atoms with Crippen LogP contribution in [0.25, 0.3) is 0 Å². The Kier molecular flexibility index (Phi) is 5.07. The van der Waals surface area contributed by atoms with Gasteiger partial charge in [-0.1, -0.05) is 0 Å². The Balaban J connectivity index is 2.42. The number of rotatable bonds is 5. The summed E-state index contributed by atoms with van der Waals surface area (Å²) in [4.78, 5) is 27.3. The van der Waals surface area contributed by atoms with Gasteiger partial charge in [0.05, 0.1) is 19.0 Å². The van der Waals surface area contributed by atoms with Gasteiger partial charge in [0.1, 0.15) is 5.01 Å². The zero-order chi connectivity index (χ0) is 13.5. The molecule has 0 radical (unpaired) electrons. The van der Waals surface area contributed by atoms with Crippen LogP contribution < -0.4 is 5.32 Å². The topological polar surface area (TPSA) is 106 Å². The molecular weight excluding hydrogens is 256 g/mol. The highest BCUT2D eigenvalue weighted by molar-refractivity contribution is 7.09. The summed E-state index contributed by atoms with van der Waals surface area (Å²) in [6.45, 7) is 0.522. The van der Waals surface area contributed by atoms with Crippen molar-refractivity contribution in [3.05, 3.63) is 16.1 Å². The lowest BCUT2D eigenvalue weighted by Crippen LogP contribution is -2.37. The molecule has 8 heteroatoms. The van der Waals surface area contributed by atoms with Crippen molar-refractivity contribution >= 4 is 23.3 Å². The molecule has 0 unspecified atom stereocenters. The van der Waals surface area contributed by atoms with E-state index >= 15 is 0 Å². The predicted octanol–water partition coefficient (Wildman–Crippen LogP) is 0.896. The molecule has 1 heterocycles. The van der Waals surface area contributed by atoms with Crippen molar-refractivity contribution in [2.24, 2.45) is 0 Å². The van der Waals surface area contributed by atoms with Crippen LogP contribution in [0, 0.1) is 11.3 Å². The van der Waals surface area contributed by atoms with Crippen LogP contribution >= 0.6 is 11.3 Å². The average Bonchev–Trinajstić information content (AvgIpc) is 2.81. The maximum atomic E-state index is 11.5. The Hall–Kier alpha value is -2.14. The van der Waals surface area contributed by atoms with Crippen molar-refractivity contribution in [1.29, 1.82) is 5.26 Å². The van der Waals surface area contributed by atoms with E-state index in [-0.39, 0.29) is 24.7 Å². The number of carbonyl (C=O) groups excluding carboxylic acids is 1.